The highest BCUT2D eigenvalue weighted by Gasteiger charge is 2.24. The van der Waals surface area contributed by atoms with E-state index in [0.717, 1.165) is 25.2 Å². The van der Waals surface area contributed by atoms with Gasteiger partial charge in [0, 0.05) is 6.54 Å². The Morgan fingerprint density at radius 3 is 2.78 bits per heavy atom. The summed E-state index contributed by atoms with van der Waals surface area (Å²) in [6.45, 7) is 5.77. The van der Waals surface area contributed by atoms with Gasteiger partial charge in [-0.15, -0.1) is 5.10 Å². The summed E-state index contributed by atoms with van der Waals surface area (Å²) in [7, 11) is 0. The normalized spacial score (nSPS) is 11.9. The van der Waals surface area contributed by atoms with Crippen molar-refractivity contribution in [1.82, 2.24) is 25.0 Å². The fourth-order valence-electron chi connectivity index (χ4n) is 1.93. The lowest BCUT2D eigenvalue weighted by atomic mass is 9.82. The fraction of sp³-hybridized carbons (Fsp3) is 0.636. The third-order valence-electron chi connectivity index (χ3n) is 3.69. The molecule has 2 aromatic heterocycles. The lowest BCUT2D eigenvalue weighted by Crippen LogP contribution is -2.36. The molecule has 0 fully saturated rings. The molecule has 0 saturated heterocycles. The van der Waals surface area contributed by atoms with Crippen molar-refractivity contribution in [3.8, 4) is 0 Å². The highest BCUT2D eigenvalue weighted by molar-refractivity contribution is 5.43. The van der Waals surface area contributed by atoms with Crippen LogP contribution in [-0.4, -0.2) is 38.1 Å². The second-order valence-corrected chi connectivity index (χ2v) is 4.51. The van der Waals surface area contributed by atoms with Gasteiger partial charge in [0.2, 0.25) is 0 Å². The molecule has 2 heterocycles. The van der Waals surface area contributed by atoms with Crippen LogP contribution in [0.5, 0.6) is 0 Å². The monoisotopic (exact) mass is 249 g/mol. The van der Waals surface area contributed by atoms with Gasteiger partial charge < -0.3 is 11.1 Å². The molecular formula is C11H19N7. The maximum Gasteiger partial charge on any atom is 0.199 e. The van der Waals surface area contributed by atoms with Crippen molar-refractivity contribution < 1.29 is 0 Å². The summed E-state index contributed by atoms with van der Waals surface area (Å²) < 4.78 is 1.64. The number of nitrogens with one attached hydrogen (secondary N) is 1. The van der Waals surface area contributed by atoms with Crippen molar-refractivity contribution in [1.29, 1.82) is 0 Å². The summed E-state index contributed by atoms with van der Waals surface area (Å²) in [5.74, 6) is 0.789. The van der Waals surface area contributed by atoms with Gasteiger partial charge in [0.05, 0.1) is 12.4 Å². The van der Waals surface area contributed by atoms with Gasteiger partial charge in [0.25, 0.3) is 0 Å². The molecule has 0 amide bonds. The zero-order valence-corrected chi connectivity index (χ0v) is 10.8. The number of rotatable bonds is 6. The van der Waals surface area contributed by atoms with E-state index < -0.39 is 0 Å². The zero-order chi connectivity index (χ0) is 13.0. The molecule has 0 spiro atoms. The van der Waals surface area contributed by atoms with E-state index in [2.05, 4.69) is 39.7 Å². The van der Waals surface area contributed by atoms with Crippen LogP contribution in [0.1, 0.15) is 26.7 Å². The molecule has 98 valence electrons. The first-order valence-electron chi connectivity index (χ1n) is 6.20. The second kappa shape index (κ2) is 5.26. The number of nitrogens with two attached hydrogens (primary N) is 1. The highest BCUT2D eigenvalue weighted by atomic mass is 15.5. The van der Waals surface area contributed by atoms with Gasteiger partial charge in [-0.2, -0.15) is 4.52 Å². The minimum atomic E-state index is 0.107. The Balaban J connectivity index is 2.17. The van der Waals surface area contributed by atoms with E-state index in [9.17, 15) is 0 Å². The Morgan fingerprint density at radius 2 is 2.11 bits per heavy atom. The van der Waals surface area contributed by atoms with Gasteiger partial charge in [-0.3, -0.25) is 4.98 Å². The third kappa shape index (κ3) is 2.26. The Bertz CT molecular complexity index is 495. The molecule has 2 aromatic rings. The molecule has 7 nitrogen and oxygen atoms in total. The van der Waals surface area contributed by atoms with Gasteiger partial charge >= 0.3 is 0 Å². The highest BCUT2D eigenvalue weighted by Crippen LogP contribution is 2.25. The number of anilines is 1. The summed E-state index contributed by atoms with van der Waals surface area (Å²) >= 11 is 0. The van der Waals surface area contributed by atoms with E-state index in [1.165, 1.54) is 0 Å². The first-order valence-corrected chi connectivity index (χ1v) is 6.20. The Hall–Kier alpha value is -1.76. The van der Waals surface area contributed by atoms with Gasteiger partial charge in [-0.25, -0.2) is 0 Å². The van der Waals surface area contributed by atoms with Crippen LogP contribution in [0.4, 0.5) is 5.82 Å². The van der Waals surface area contributed by atoms with Crippen molar-refractivity contribution >= 4 is 11.5 Å². The first-order chi connectivity index (χ1) is 8.74. The topological polar surface area (TPSA) is 94.0 Å². The van der Waals surface area contributed by atoms with E-state index in [0.29, 0.717) is 12.2 Å². The maximum atomic E-state index is 5.88. The largest absolute Gasteiger partial charge is 0.368 e. The van der Waals surface area contributed by atoms with Crippen LogP contribution >= 0.6 is 0 Å². The van der Waals surface area contributed by atoms with Crippen LogP contribution in [0.3, 0.4) is 0 Å². The number of hydrogen-bond donors (Lipinski definition) is 2. The quantitative estimate of drug-likeness (QED) is 0.782. The summed E-state index contributed by atoms with van der Waals surface area (Å²) in [5, 5.41) is 14.7. The standard InChI is InChI=1S/C11H19N7/c1-3-11(4-2,7-12)8-14-9-5-13-6-10-15-16-17-18(9)10/h5-6,14H,3-4,7-8,12H2,1-2H3. The van der Waals surface area contributed by atoms with Gasteiger partial charge in [-0.1, -0.05) is 13.8 Å². The molecular weight excluding hydrogens is 230 g/mol. The van der Waals surface area contributed by atoms with E-state index in [1.807, 2.05) is 0 Å². The maximum absolute atomic E-state index is 5.88. The molecule has 0 aromatic carbocycles. The molecule has 0 saturated carbocycles. The number of nitrogens with zero attached hydrogens (tertiary/aromatic N) is 5. The number of fused-ring (bicyclic) bond motifs is 1. The first kappa shape index (κ1) is 12.7. The van der Waals surface area contributed by atoms with E-state index in [1.54, 1.807) is 16.9 Å². The van der Waals surface area contributed by atoms with Gasteiger partial charge in [0.1, 0.15) is 5.82 Å². The summed E-state index contributed by atoms with van der Waals surface area (Å²) in [4.78, 5) is 4.11. The lowest BCUT2D eigenvalue weighted by Gasteiger charge is -2.30. The smallest absolute Gasteiger partial charge is 0.199 e. The SMILES string of the molecule is CCC(CC)(CN)CNc1cncc2nnnn12. The Morgan fingerprint density at radius 1 is 1.33 bits per heavy atom. The zero-order valence-electron chi connectivity index (χ0n) is 10.8. The van der Waals surface area contributed by atoms with E-state index >= 15 is 0 Å². The molecule has 0 aliphatic heterocycles. The molecule has 2 rings (SSSR count). The van der Waals surface area contributed by atoms with Crippen LogP contribution in [0.15, 0.2) is 12.4 Å². The summed E-state index contributed by atoms with van der Waals surface area (Å²) in [5.41, 5.74) is 6.62. The second-order valence-electron chi connectivity index (χ2n) is 4.51. The predicted molar refractivity (Wildman–Crippen MR) is 69.1 cm³/mol. The van der Waals surface area contributed by atoms with Gasteiger partial charge in [-0.05, 0) is 35.2 Å². The molecule has 7 heteroatoms. The molecule has 18 heavy (non-hydrogen) atoms. The van der Waals surface area contributed by atoms with Crippen LogP contribution in [-0.2, 0) is 0 Å². The van der Waals surface area contributed by atoms with E-state index in [4.69, 9.17) is 5.73 Å². The average molecular weight is 249 g/mol. The van der Waals surface area contributed by atoms with Crippen molar-refractivity contribution in [3.05, 3.63) is 12.4 Å². The van der Waals surface area contributed by atoms with E-state index in [-0.39, 0.29) is 5.41 Å². The molecule has 0 unspecified atom stereocenters. The van der Waals surface area contributed by atoms with Crippen molar-refractivity contribution in [3.63, 3.8) is 0 Å². The van der Waals surface area contributed by atoms with Crippen LogP contribution in [0, 0.1) is 5.41 Å². The van der Waals surface area contributed by atoms with Crippen LogP contribution in [0.25, 0.3) is 5.65 Å². The molecule has 0 atom stereocenters. The number of tetrazole rings is 1. The molecule has 0 aliphatic rings. The summed E-state index contributed by atoms with van der Waals surface area (Å²) in [6, 6.07) is 0. The Labute approximate surface area is 106 Å². The van der Waals surface area contributed by atoms with Crippen molar-refractivity contribution in [2.45, 2.75) is 26.7 Å². The summed E-state index contributed by atoms with van der Waals surface area (Å²) in [6.07, 6.45) is 5.41. The number of aromatic nitrogens is 5. The molecule has 0 bridgehead atoms. The van der Waals surface area contributed by atoms with Crippen LogP contribution in [0.2, 0.25) is 0 Å². The predicted octanol–water partition coefficient (Wildman–Crippen LogP) is 0.696. The fourth-order valence-corrected chi connectivity index (χ4v) is 1.93. The number of hydrogen-bond acceptors (Lipinski definition) is 6. The lowest BCUT2D eigenvalue weighted by molar-refractivity contribution is 0.294. The Kier molecular flexibility index (Phi) is 3.71. The van der Waals surface area contributed by atoms with Gasteiger partial charge in [0.15, 0.2) is 5.65 Å². The van der Waals surface area contributed by atoms with Crippen molar-refractivity contribution in [2.75, 3.05) is 18.4 Å². The molecule has 0 aliphatic carbocycles. The van der Waals surface area contributed by atoms with Crippen LogP contribution < -0.4 is 11.1 Å². The molecule has 0 radical (unpaired) electrons. The minimum absolute atomic E-state index is 0.107. The molecule has 3 N–H and O–H groups in total. The van der Waals surface area contributed by atoms with Crippen molar-refractivity contribution in [2.24, 2.45) is 11.1 Å². The third-order valence-corrected chi connectivity index (χ3v) is 3.69. The minimum Gasteiger partial charge on any atom is -0.368 e. The average Bonchev–Trinajstić information content (AvgIpc) is 2.90.